The number of rotatable bonds is 5. The second-order valence-electron chi connectivity index (χ2n) is 3.43. The molecule has 0 spiro atoms. The Kier molecular flexibility index (Phi) is 4.86. The Morgan fingerprint density at radius 1 is 1.39 bits per heavy atom. The SMILES string of the molecule is CCOc1ccc(N=N/C(C(N)=O)=C(/C)O)cc1. The fraction of sp³-hybridized carbons (Fsp3) is 0.250. The number of nitrogens with two attached hydrogens (primary N) is 1. The van der Waals surface area contributed by atoms with E-state index in [9.17, 15) is 9.90 Å². The summed E-state index contributed by atoms with van der Waals surface area (Å²) in [5.41, 5.74) is 5.30. The van der Waals surface area contributed by atoms with Crippen molar-refractivity contribution in [2.45, 2.75) is 13.8 Å². The van der Waals surface area contributed by atoms with Crippen molar-refractivity contribution in [1.29, 1.82) is 0 Å². The summed E-state index contributed by atoms with van der Waals surface area (Å²) in [4.78, 5) is 10.9. The summed E-state index contributed by atoms with van der Waals surface area (Å²) in [6, 6.07) is 6.83. The lowest BCUT2D eigenvalue weighted by Gasteiger charge is -2.01. The maximum absolute atomic E-state index is 10.9. The van der Waals surface area contributed by atoms with Crippen LogP contribution in [0.4, 0.5) is 5.69 Å². The molecule has 0 radical (unpaired) electrons. The summed E-state index contributed by atoms with van der Waals surface area (Å²) in [5.74, 6) is -0.373. The van der Waals surface area contributed by atoms with E-state index in [-0.39, 0.29) is 11.5 Å². The van der Waals surface area contributed by atoms with Gasteiger partial charge in [-0.3, -0.25) is 4.79 Å². The molecule has 0 saturated carbocycles. The van der Waals surface area contributed by atoms with E-state index in [2.05, 4.69) is 10.2 Å². The molecule has 0 aliphatic carbocycles. The largest absolute Gasteiger partial charge is 0.510 e. The minimum atomic E-state index is -0.829. The first-order chi connectivity index (χ1) is 8.54. The minimum absolute atomic E-state index is 0.260. The normalized spacial score (nSPS) is 12.3. The first-order valence-corrected chi connectivity index (χ1v) is 5.38. The first kappa shape index (κ1) is 13.7. The number of allylic oxidation sites excluding steroid dienone is 1. The number of azo groups is 1. The Hall–Kier alpha value is -2.37. The lowest BCUT2D eigenvalue weighted by Crippen LogP contribution is -2.13. The zero-order chi connectivity index (χ0) is 13.5. The van der Waals surface area contributed by atoms with Crippen molar-refractivity contribution >= 4 is 11.6 Å². The van der Waals surface area contributed by atoms with Crippen LogP contribution in [0.1, 0.15) is 13.8 Å². The summed E-state index contributed by atoms with van der Waals surface area (Å²) in [7, 11) is 0. The maximum atomic E-state index is 10.9. The fourth-order valence-corrected chi connectivity index (χ4v) is 1.18. The molecule has 0 bridgehead atoms. The number of benzene rings is 1. The number of primary amides is 1. The minimum Gasteiger partial charge on any atom is -0.510 e. The molecular formula is C12H15N3O3. The van der Waals surface area contributed by atoms with Crippen LogP contribution in [0.3, 0.4) is 0 Å². The summed E-state index contributed by atoms with van der Waals surface area (Å²) >= 11 is 0. The van der Waals surface area contributed by atoms with Crippen molar-refractivity contribution in [3.8, 4) is 5.75 Å². The molecule has 0 atom stereocenters. The van der Waals surface area contributed by atoms with Crippen LogP contribution in [-0.2, 0) is 4.79 Å². The lowest BCUT2D eigenvalue weighted by atomic mass is 10.3. The summed E-state index contributed by atoms with van der Waals surface area (Å²) in [5, 5.41) is 16.6. The van der Waals surface area contributed by atoms with Crippen LogP contribution in [0.5, 0.6) is 5.75 Å². The van der Waals surface area contributed by atoms with Gasteiger partial charge < -0.3 is 15.6 Å². The Bertz CT molecular complexity index is 474. The van der Waals surface area contributed by atoms with E-state index in [1.165, 1.54) is 6.92 Å². The van der Waals surface area contributed by atoms with Gasteiger partial charge in [0.2, 0.25) is 0 Å². The fourth-order valence-electron chi connectivity index (χ4n) is 1.18. The Morgan fingerprint density at radius 2 is 2.00 bits per heavy atom. The predicted octanol–water partition coefficient (Wildman–Crippen LogP) is 2.44. The average Bonchev–Trinajstić information content (AvgIpc) is 2.31. The summed E-state index contributed by atoms with van der Waals surface area (Å²) < 4.78 is 5.27. The highest BCUT2D eigenvalue weighted by atomic mass is 16.5. The van der Waals surface area contributed by atoms with Crippen molar-refractivity contribution in [1.82, 2.24) is 0 Å². The zero-order valence-electron chi connectivity index (χ0n) is 10.3. The number of nitrogens with zero attached hydrogens (tertiary/aromatic N) is 2. The standard InChI is InChI=1S/C12H15N3O3/c1-3-18-10-6-4-9(5-7-10)14-15-11(8(2)16)12(13)17/h4-7,16H,3H2,1-2H3,(H2,13,17)/b11-8-,15-14?. The molecule has 0 heterocycles. The van der Waals surface area contributed by atoms with Gasteiger partial charge in [-0.05, 0) is 38.1 Å². The smallest absolute Gasteiger partial charge is 0.272 e. The Morgan fingerprint density at radius 3 is 2.44 bits per heavy atom. The van der Waals surface area contributed by atoms with Crippen molar-refractivity contribution in [2.75, 3.05) is 6.61 Å². The molecule has 0 fully saturated rings. The van der Waals surface area contributed by atoms with Gasteiger partial charge in [0.1, 0.15) is 11.5 Å². The number of carbonyl (C=O) groups is 1. The number of hydrogen-bond donors (Lipinski definition) is 2. The van der Waals surface area contributed by atoms with Crippen molar-refractivity contribution in [3.63, 3.8) is 0 Å². The molecule has 18 heavy (non-hydrogen) atoms. The topological polar surface area (TPSA) is 97.3 Å². The quantitative estimate of drug-likeness (QED) is 0.476. The number of aliphatic hydroxyl groups excluding tert-OH is 1. The predicted molar refractivity (Wildman–Crippen MR) is 66.7 cm³/mol. The molecule has 6 heteroatoms. The average molecular weight is 249 g/mol. The molecule has 1 rings (SSSR count). The van der Waals surface area contributed by atoms with E-state index in [0.29, 0.717) is 12.3 Å². The van der Waals surface area contributed by atoms with E-state index in [1.54, 1.807) is 24.3 Å². The van der Waals surface area contributed by atoms with Gasteiger partial charge in [-0.1, -0.05) is 0 Å². The summed E-state index contributed by atoms with van der Waals surface area (Å²) in [6.45, 7) is 3.79. The molecule has 0 aliphatic heterocycles. The van der Waals surface area contributed by atoms with Gasteiger partial charge in [-0.25, -0.2) is 0 Å². The third-order valence-corrected chi connectivity index (χ3v) is 1.99. The molecule has 0 saturated heterocycles. The van der Waals surface area contributed by atoms with Crippen LogP contribution in [0.25, 0.3) is 0 Å². The second-order valence-corrected chi connectivity index (χ2v) is 3.43. The van der Waals surface area contributed by atoms with E-state index < -0.39 is 5.91 Å². The Labute approximate surface area is 105 Å². The van der Waals surface area contributed by atoms with E-state index in [4.69, 9.17) is 10.5 Å². The van der Waals surface area contributed by atoms with Crippen LogP contribution in [0.2, 0.25) is 0 Å². The Balaban J connectivity index is 2.84. The van der Waals surface area contributed by atoms with E-state index in [0.717, 1.165) is 5.75 Å². The molecule has 1 aromatic rings. The van der Waals surface area contributed by atoms with Gasteiger partial charge in [0.25, 0.3) is 5.91 Å². The van der Waals surface area contributed by atoms with Crippen LogP contribution < -0.4 is 10.5 Å². The van der Waals surface area contributed by atoms with Gasteiger partial charge in [-0.15, -0.1) is 5.11 Å². The van der Waals surface area contributed by atoms with Crippen LogP contribution in [-0.4, -0.2) is 17.6 Å². The molecule has 6 nitrogen and oxygen atoms in total. The van der Waals surface area contributed by atoms with Crippen molar-refractivity contribution in [3.05, 3.63) is 35.7 Å². The van der Waals surface area contributed by atoms with Gasteiger partial charge in [-0.2, -0.15) is 5.11 Å². The highest BCUT2D eigenvalue weighted by molar-refractivity contribution is 5.91. The van der Waals surface area contributed by atoms with Gasteiger partial charge >= 0.3 is 0 Å². The van der Waals surface area contributed by atoms with E-state index in [1.807, 2.05) is 6.92 Å². The van der Waals surface area contributed by atoms with E-state index >= 15 is 0 Å². The molecule has 1 amide bonds. The molecule has 3 N–H and O–H groups in total. The lowest BCUT2D eigenvalue weighted by molar-refractivity contribution is -0.114. The third kappa shape index (κ3) is 3.89. The maximum Gasteiger partial charge on any atom is 0.272 e. The molecule has 96 valence electrons. The van der Waals surface area contributed by atoms with Crippen LogP contribution >= 0.6 is 0 Å². The number of aliphatic hydroxyl groups is 1. The molecule has 0 unspecified atom stereocenters. The zero-order valence-corrected chi connectivity index (χ0v) is 10.3. The highest BCUT2D eigenvalue weighted by Crippen LogP contribution is 2.19. The van der Waals surface area contributed by atoms with Crippen LogP contribution in [0.15, 0.2) is 46.0 Å². The number of hydrogen-bond acceptors (Lipinski definition) is 5. The second kappa shape index (κ2) is 6.39. The number of amides is 1. The van der Waals surface area contributed by atoms with Gasteiger partial charge in [0, 0.05) is 0 Å². The number of carbonyl (C=O) groups excluding carboxylic acids is 1. The molecule has 1 aromatic carbocycles. The third-order valence-electron chi connectivity index (χ3n) is 1.99. The van der Waals surface area contributed by atoms with Crippen molar-refractivity contribution in [2.24, 2.45) is 16.0 Å². The molecule has 0 aliphatic rings. The monoisotopic (exact) mass is 249 g/mol. The van der Waals surface area contributed by atoms with Gasteiger partial charge in [0.05, 0.1) is 12.3 Å². The molecule has 0 aromatic heterocycles. The number of ether oxygens (including phenoxy) is 1. The first-order valence-electron chi connectivity index (χ1n) is 5.38. The van der Waals surface area contributed by atoms with Crippen LogP contribution in [0, 0.1) is 0 Å². The van der Waals surface area contributed by atoms with Gasteiger partial charge in [0.15, 0.2) is 5.70 Å². The summed E-state index contributed by atoms with van der Waals surface area (Å²) in [6.07, 6.45) is 0. The van der Waals surface area contributed by atoms with Crippen molar-refractivity contribution < 1.29 is 14.6 Å². The highest BCUT2D eigenvalue weighted by Gasteiger charge is 2.07. The molecular weight excluding hydrogens is 234 g/mol.